The van der Waals surface area contributed by atoms with Crippen molar-refractivity contribution in [1.82, 2.24) is 5.32 Å². The SMILES string of the molecule is Fc1ccc(C(F)CC2CCNC2)cc1. The first-order valence-corrected chi connectivity index (χ1v) is 5.36. The Morgan fingerprint density at radius 3 is 2.67 bits per heavy atom. The van der Waals surface area contributed by atoms with Crippen LogP contribution in [0.2, 0.25) is 0 Å². The third-order valence-corrected chi connectivity index (χ3v) is 2.93. The van der Waals surface area contributed by atoms with Crippen molar-refractivity contribution in [3.05, 3.63) is 35.6 Å². The van der Waals surface area contributed by atoms with Crippen molar-refractivity contribution in [2.24, 2.45) is 5.92 Å². The molecule has 15 heavy (non-hydrogen) atoms. The van der Waals surface area contributed by atoms with Crippen LogP contribution in [-0.2, 0) is 0 Å². The van der Waals surface area contributed by atoms with Gasteiger partial charge in [-0.2, -0.15) is 0 Å². The normalized spacial score (nSPS) is 22.9. The maximum absolute atomic E-state index is 13.8. The highest BCUT2D eigenvalue weighted by Crippen LogP contribution is 2.27. The van der Waals surface area contributed by atoms with Crippen molar-refractivity contribution in [3.63, 3.8) is 0 Å². The molecule has 1 aliphatic rings. The van der Waals surface area contributed by atoms with Gasteiger partial charge in [-0.1, -0.05) is 12.1 Å². The first kappa shape index (κ1) is 10.6. The van der Waals surface area contributed by atoms with E-state index in [2.05, 4.69) is 5.32 Å². The maximum Gasteiger partial charge on any atom is 0.125 e. The molecule has 0 spiro atoms. The zero-order chi connectivity index (χ0) is 10.7. The van der Waals surface area contributed by atoms with Crippen LogP contribution < -0.4 is 5.32 Å². The fourth-order valence-electron chi connectivity index (χ4n) is 2.02. The van der Waals surface area contributed by atoms with E-state index in [0.29, 0.717) is 17.9 Å². The molecule has 2 rings (SSSR count). The standard InChI is InChI=1S/C12H15F2N/c13-11-3-1-10(2-4-11)12(14)7-9-5-6-15-8-9/h1-4,9,12,15H,5-8H2. The highest BCUT2D eigenvalue weighted by atomic mass is 19.1. The molecule has 0 saturated carbocycles. The predicted molar refractivity (Wildman–Crippen MR) is 55.8 cm³/mol. The highest BCUT2D eigenvalue weighted by Gasteiger charge is 2.20. The zero-order valence-electron chi connectivity index (χ0n) is 8.55. The summed E-state index contributed by atoms with van der Waals surface area (Å²) in [5.41, 5.74) is 0.586. The van der Waals surface area contributed by atoms with Gasteiger partial charge < -0.3 is 5.32 Å². The summed E-state index contributed by atoms with van der Waals surface area (Å²) in [6, 6.07) is 5.69. The second kappa shape index (κ2) is 4.71. The molecule has 1 saturated heterocycles. The second-order valence-corrected chi connectivity index (χ2v) is 4.11. The van der Waals surface area contributed by atoms with Gasteiger partial charge in [-0.05, 0) is 49.5 Å². The summed E-state index contributed by atoms with van der Waals surface area (Å²) in [6.07, 6.45) is 0.621. The van der Waals surface area contributed by atoms with Gasteiger partial charge >= 0.3 is 0 Å². The Morgan fingerprint density at radius 1 is 1.33 bits per heavy atom. The molecule has 3 heteroatoms. The summed E-state index contributed by atoms with van der Waals surface area (Å²) >= 11 is 0. The van der Waals surface area contributed by atoms with Gasteiger partial charge in [-0.25, -0.2) is 8.78 Å². The summed E-state index contributed by atoms with van der Waals surface area (Å²) in [5.74, 6) is 0.110. The van der Waals surface area contributed by atoms with Crippen molar-refractivity contribution in [2.45, 2.75) is 19.0 Å². The number of nitrogens with one attached hydrogen (secondary N) is 1. The monoisotopic (exact) mass is 211 g/mol. The van der Waals surface area contributed by atoms with Crippen LogP contribution in [0.5, 0.6) is 0 Å². The summed E-state index contributed by atoms with van der Waals surface area (Å²) < 4.78 is 26.4. The van der Waals surface area contributed by atoms with Crippen LogP contribution in [0.3, 0.4) is 0 Å². The molecule has 0 aliphatic carbocycles. The lowest BCUT2D eigenvalue weighted by Crippen LogP contribution is -2.10. The van der Waals surface area contributed by atoms with Crippen LogP contribution in [0.15, 0.2) is 24.3 Å². The van der Waals surface area contributed by atoms with Crippen LogP contribution in [0.1, 0.15) is 24.6 Å². The smallest absolute Gasteiger partial charge is 0.125 e. The topological polar surface area (TPSA) is 12.0 Å². The van der Waals surface area contributed by atoms with Gasteiger partial charge in [0.1, 0.15) is 12.0 Å². The van der Waals surface area contributed by atoms with Gasteiger partial charge in [-0.3, -0.25) is 0 Å². The highest BCUT2D eigenvalue weighted by molar-refractivity contribution is 5.18. The molecular formula is C12H15F2N. The van der Waals surface area contributed by atoms with E-state index in [0.717, 1.165) is 19.5 Å². The molecule has 2 atom stereocenters. The van der Waals surface area contributed by atoms with E-state index >= 15 is 0 Å². The quantitative estimate of drug-likeness (QED) is 0.810. The Bertz CT molecular complexity index is 304. The zero-order valence-corrected chi connectivity index (χ0v) is 8.55. The fraction of sp³-hybridized carbons (Fsp3) is 0.500. The minimum Gasteiger partial charge on any atom is -0.316 e. The lowest BCUT2D eigenvalue weighted by Gasteiger charge is -2.12. The van der Waals surface area contributed by atoms with E-state index in [-0.39, 0.29) is 5.82 Å². The molecule has 0 aromatic heterocycles. The molecule has 1 aromatic carbocycles. The minimum atomic E-state index is -0.962. The van der Waals surface area contributed by atoms with Crippen molar-refractivity contribution in [1.29, 1.82) is 0 Å². The summed E-state index contributed by atoms with van der Waals surface area (Å²) in [5, 5.41) is 3.21. The number of alkyl halides is 1. The molecule has 1 heterocycles. The van der Waals surface area contributed by atoms with Crippen LogP contribution in [0.4, 0.5) is 8.78 Å². The van der Waals surface area contributed by atoms with Crippen LogP contribution in [0.25, 0.3) is 0 Å². The summed E-state index contributed by atoms with van der Waals surface area (Å²) in [6.45, 7) is 1.89. The van der Waals surface area contributed by atoms with Gasteiger partial charge in [0, 0.05) is 0 Å². The second-order valence-electron chi connectivity index (χ2n) is 4.11. The number of benzene rings is 1. The molecule has 0 bridgehead atoms. The van der Waals surface area contributed by atoms with Crippen molar-refractivity contribution in [2.75, 3.05) is 13.1 Å². The minimum absolute atomic E-state index is 0.312. The Labute approximate surface area is 88.5 Å². The molecule has 1 N–H and O–H groups in total. The van der Waals surface area contributed by atoms with E-state index in [1.165, 1.54) is 24.3 Å². The molecule has 0 amide bonds. The van der Waals surface area contributed by atoms with Gasteiger partial charge in [0.25, 0.3) is 0 Å². The first-order valence-electron chi connectivity index (χ1n) is 5.36. The van der Waals surface area contributed by atoms with Gasteiger partial charge in [0.15, 0.2) is 0 Å². The number of hydrogen-bond donors (Lipinski definition) is 1. The van der Waals surface area contributed by atoms with Gasteiger partial charge in [0.2, 0.25) is 0 Å². The average molecular weight is 211 g/mol. The van der Waals surface area contributed by atoms with Crippen LogP contribution in [0, 0.1) is 11.7 Å². The maximum atomic E-state index is 13.8. The molecule has 1 aromatic rings. The lowest BCUT2D eigenvalue weighted by molar-refractivity contribution is 0.280. The van der Waals surface area contributed by atoms with Gasteiger partial charge in [-0.15, -0.1) is 0 Å². The fourth-order valence-corrected chi connectivity index (χ4v) is 2.02. The van der Waals surface area contributed by atoms with E-state index < -0.39 is 6.17 Å². The summed E-state index contributed by atoms with van der Waals surface area (Å²) in [4.78, 5) is 0. The molecular weight excluding hydrogens is 196 g/mol. The molecule has 82 valence electrons. The van der Waals surface area contributed by atoms with E-state index in [4.69, 9.17) is 0 Å². The molecule has 0 radical (unpaired) electrons. The van der Waals surface area contributed by atoms with Gasteiger partial charge in [0.05, 0.1) is 0 Å². The van der Waals surface area contributed by atoms with Crippen molar-refractivity contribution < 1.29 is 8.78 Å². The van der Waals surface area contributed by atoms with Crippen LogP contribution >= 0.6 is 0 Å². The van der Waals surface area contributed by atoms with E-state index in [1.54, 1.807) is 0 Å². The number of hydrogen-bond acceptors (Lipinski definition) is 1. The Morgan fingerprint density at radius 2 is 2.07 bits per heavy atom. The number of halogens is 2. The molecule has 1 aliphatic heterocycles. The molecule has 1 fully saturated rings. The number of rotatable bonds is 3. The Hall–Kier alpha value is -0.960. The first-order chi connectivity index (χ1) is 7.25. The largest absolute Gasteiger partial charge is 0.316 e. The molecule has 1 nitrogen and oxygen atoms in total. The van der Waals surface area contributed by atoms with E-state index in [9.17, 15) is 8.78 Å². The Balaban J connectivity index is 1.94. The lowest BCUT2D eigenvalue weighted by atomic mass is 9.97. The van der Waals surface area contributed by atoms with Crippen molar-refractivity contribution >= 4 is 0 Å². The van der Waals surface area contributed by atoms with E-state index in [1.807, 2.05) is 0 Å². The predicted octanol–water partition coefficient (Wildman–Crippen LogP) is 2.84. The third kappa shape index (κ3) is 2.75. The van der Waals surface area contributed by atoms with Crippen LogP contribution in [-0.4, -0.2) is 13.1 Å². The van der Waals surface area contributed by atoms with Crippen molar-refractivity contribution in [3.8, 4) is 0 Å². The molecule has 2 unspecified atom stereocenters. The Kier molecular flexibility index (Phi) is 3.31. The summed E-state index contributed by atoms with van der Waals surface area (Å²) in [7, 11) is 0. The third-order valence-electron chi connectivity index (χ3n) is 2.93. The average Bonchev–Trinajstić information content (AvgIpc) is 2.71.